The molecule has 0 unspecified atom stereocenters. The predicted octanol–water partition coefficient (Wildman–Crippen LogP) is 4.99. The van der Waals surface area contributed by atoms with Crippen LogP contribution in [0, 0.1) is 0 Å². The summed E-state index contributed by atoms with van der Waals surface area (Å²) in [5.74, 6) is 1.32. The lowest BCUT2D eigenvalue weighted by atomic mass is 10.2. The van der Waals surface area contributed by atoms with Gasteiger partial charge in [0.25, 0.3) is 0 Å². The van der Waals surface area contributed by atoms with E-state index in [1.807, 2.05) is 18.2 Å². The molecular weight excluding hydrogens is 439 g/mol. The molecule has 1 N–H and O–H groups in total. The zero-order valence-electron chi connectivity index (χ0n) is 15.1. The maximum Gasteiger partial charge on any atom is 0.175 e. The Bertz CT molecular complexity index is 742. The molecule has 2 aromatic rings. The van der Waals surface area contributed by atoms with E-state index in [0.717, 1.165) is 35.2 Å². The molecule has 142 valence electrons. The summed E-state index contributed by atoms with van der Waals surface area (Å²) in [5.41, 5.74) is 1.98. The third-order valence-corrected chi connectivity index (χ3v) is 4.92. The monoisotopic (exact) mass is 460 g/mol. The van der Waals surface area contributed by atoms with E-state index in [9.17, 15) is 0 Å². The molecule has 0 aromatic heterocycles. The molecule has 4 nitrogen and oxygen atoms in total. The summed E-state index contributed by atoms with van der Waals surface area (Å²) in [6.45, 7) is 2.99. The molecule has 0 saturated carbocycles. The van der Waals surface area contributed by atoms with Crippen molar-refractivity contribution in [3.8, 4) is 11.5 Å². The van der Waals surface area contributed by atoms with Crippen molar-refractivity contribution in [2.45, 2.75) is 13.2 Å². The van der Waals surface area contributed by atoms with E-state index in [1.54, 1.807) is 19.2 Å². The minimum atomic E-state index is 0.325. The van der Waals surface area contributed by atoms with Gasteiger partial charge >= 0.3 is 0 Å². The van der Waals surface area contributed by atoms with Gasteiger partial charge in [0.1, 0.15) is 6.61 Å². The second kappa shape index (κ2) is 10.4. The number of methoxy groups -OCH3 is 1. The van der Waals surface area contributed by atoms with Gasteiger partial charge in [0.05, 0.1) is 11.6 Å². The van der Waals surface area contributed by atoms with Crippen LogP contribution < -0.4 is 14.8 Å². The highest BCUT2D eigenvalue weighted by Crippen LogP contribution is 2.37. The predicted molar refractivity (Wildman–Crippen MR) is 112 cm³/mol. The number of rotatable bonds is 9. The molecule has 0 radical (unpaired) electrons. The SMILES string of the molecule is COc1cc(CNCCN(C)C)cc(Br)c1OCc1ccc(Cl)cc1Cl. The Balaban J connectivity index is 2.06. The lowest BCUT2D eigenvalue weighted by Crippen LogP contribution is -2.26. The maximum atomic E-state index is 6.21. The fourth-order valence-electron chi connectivity index (χ4n) is 2.34. The molecule has 26 heavy (non-hydrogen) atoms. The van der Waals surface area contributed by atoms with Gasteiger partial charge < -0.3 is 19.7 Å². The zero-order valence-corrected chi connectivity index (χ0v) is 18.2. The van der Waals surface area contributed by atoms with Crippen LogP contribution in [0.3, 0.4) is 0 Å². The molecule has 0 spiro atoms. The lowest BCUT2D eigenvalue weighted by Gasteiger charge is -2.16. The smallest absolute Gasteiger partial charge is 0.175 e. The van der Waals surface area contributed by atoms with E-state index < -0.39 is 0 Å². The van der Waals surface area contributed by atoms with Crippen LogP contribution in [-0.4, -0.2) is 39.2 Å². The minimum absolute atomic E-state index is 0.325. The molecule has 2 rings (SSSR count). The third-order valence-electron chi connectivity index (χ3n) is 3.74. The van der Waals surface area contributed by atoms with Gasteiger partial charge in [-0.25, -0.2) is 0 Å². The fourth-order valence-corrected chi connectivity index (χ4v) is 3.41. The van der Waals surface area contributed by atoms with Crippen molar-refractivity contribution in [3.05, 3.63) is 56.0 Å². The first-order valence-corrected chi connectivity index (χ1v) is 9.74. The summed E-state index contributed by atoms with van der Waals surface area (Å²) in [6, 6.07) is 9.36. The lowest BCUT2D eigenvalue weighted by molar-refractivity contribution is 0.282. The molecule has 2 aromatic carbocycles. The molecule has 0 amide bonds. The zero-order chi connectivity index (χ0) is 19.1. The first-order valence-electron chi connectivity index (χ1n) is 8.19. The van der Waals surface area contributed by atoms with Gasteiger partial charge in [0.2, 0.25) is 0 Å². The quantitative estimate of drug-likeness (QED) is 0.533. The summed E-state index contributed by atoms with van der Waals surface area (Å²) < 4.78 is 12.3. The van der Waals surface area contributed by atoms with Crippen LogP contribution in [0.4, 0.5) is 0 Å². The first-order chi connectivity index (χ1) is 12.4. The van der Waals surface area contributed by atoms with Crippen LogP contribution in [0.5, 0.6) is 11.5 Å². The Hall–Kier alpha value is -0.980. The first kappa shape index (κ1) is 21.3. The number of benzene rings is 2. The molecule has 0 aliphatic carbocycles. The highest BCUT2D eigenvalue weighted by atomic mass is 79.9. The Kier molecular flexibility index (Phi) is 8.51. The molecule has 0 heterocycles. The van der Waals surface area contributed by atoms with Crippen LogP contribution in [0.15, 0.2) is 34.8 Å². The number of halogens is 3. The molecule has 0 aliphatic heterocycles. The highest BCUT2D eigenvalue weighted by molar-refractivity contribution is 9.10. The molecule has 7 heteroatoms. The number of likely N-dealkylation sites (N-methyl/N-ethyl adjacent to an activating group) is 1. The highest BCUT2D eigenvalue weighted by Gasteiger charge is 2.13. The van der Waals surface area contributed by atoms with Crippen LogP contribution in [0.1, 0.15) is 11.1 Å². The van der Waals surface area contributed by atoms with Crippen LogP contribution >= 0.6 is 39.1 Å². The number of hydrogen-bond acceptors (Lipinski definition) is 4. The van der Waals surface area contributed by atoms with Gasteiger partial charge in [0.15, 0.2) is 11.5 Å². The van der Waals surface area contributed by atoms with Gasteiger partial charge in [-0.05, 0) is 59.9 Å². The minimum Gasteiger partial charge on any atom is -0.493 e. The summed E-state index contributed by atoms with van der Waals surface area (Å²) in [4.78, 5) is 2.14. The van der Waals surface area contributed by atoms with Crippen molar-refractivity contribution in [1.82, 2.24) is 10.2 Å². The van der Waals surface area contributed by atoms with E-state index in [-0.39, 0.29) is 0 Å². The van der Waals surface area contributed by atoms with E-state index in [4.69, 9.17) is 32.7 Å². The van der Waals surface area contributed by atoms with Crippen molar-refractivity contribution in [2.24, 2.45) is 0 Å². The maximum absolute atomic E-state index is 6.21. The van der Waals surface area contributed by atoms with Gasteiger partial charge in [-0.1, -0.05) is 29.3 Å². The topological polar surface area (TPSA) is 33.7 Å². The van der Waals surface area contributed by atoms with E-state index in [0.29, 0.717) is 28.2 Å². The van der Waals surface area contributed by atoms with Crippen molar-refractivity contribution >= 4 is 39.1 Å². The Morgan fingerprint density at radius 1 is 1.15 bits per heavy atom. The van der Waals surface area contributed by atoms with Crippen molar-refractivity contribution < 1.29 is 9.47 Å². The summed E-state index contributed by atoms with van der Waals surface area (Å²) >= 11 is 15.7. The Labute approximate surface area is 173 Å². The second-order valence-electron chi connectivity index (χ2n) is 6.11. The van der Waals surface area contributed by atoms with E-state index in [1.165, 1.54) is 0 Å². The normalized spacial score (nSPS) is 11.0. The van der Waals surface area contributed by atoms with E-state index in [2.05, 4.69) is 40.2 Å². The fraction of sp³-hybridized carbons (Fsp3) is 0.368. The van der Waals surface area contributed by atoms with Crippen LogP contribution in [-0.2, 0) is 13.2 Å². The second-order valence-corrected chi connectivity index (χ2v) is 7.81. The average Bonchev–Trinajstić information content (AvgIpc) is 2.58. The number of ether oxygens (including phenoxy) is 2. The molecule has 0 bridgehead atoms. The van der Waals surface area contributed by atoms with E-state index >= 15 is 0 Å². The molecular formula is C19H23BrCl2N2O2. The van der Waals surface area contributed by atoms with Gasteiger partial charge in [-0.2, -0.15) is 0 Å². The van der Waals surface area contributed by atoms with Crippen LogP contribution in [0.25, 0.3) is 0 Å². The largest absolute Gasteiger partial charge is 0.493 e. The summed E-state index contributed by atoms with van der Waals surface area (Å²) in [7, 11) is 5.74. The standard InChI is InChI=1S/C19H23BrCl2N2O2/c1-24(2)7-6-23-11-13-8-16(20)19(18(9-13)25-3)26-12-14-4-5-15(21)10-17(14)22/h4-5,8-10,23H,6-7,11-12H2,1-3H3. The van der Waals surface area contributed by atoms with Crippen molar-refractivity contribution in [1.29, 1.82) is 0 Å². The Morgan fingerprint density at radius 2 is 1.92 bits per heavy atom. The third kappa shape index (κ3) is 6.32. The molecule has 0 aliphatic rings. The number of hydrogen-bond donors (Lipinski definition) is 1. The van der Waals surface area contributed by atoms with Crippen molar-refractivity contribution in [3.63, 3.8) is 0 Å². The van der Waals surface area contributed by atoms with Gasteiger partial charge in [0, 0.05) is 35.2 Å². The average molecular weight is 462 g/mol. The molecule has 0 saturated heterocycles. The van der Waals surface area contributed by atoms with Gasteiger partial charge in [-0.15, -0.1) is 0 Å². The Morgan fingerprint density at radius 3 is 2.58 bits per heavy atom. The molecule has 0 atom stereocenters. The summed E-state index contributed by atoms with van der Waals surface area (Å²) in [5, 5.41) is 4.59. The number of nitrogens with zero attached hydrogens (tertiary/aromatic N) is 1. The van der Waals surface area contributed by atoms with Crippen LogP contribution in [0.2, 0.25) is 10.0 Å². The number of nitrogens with one attached hydrogen (secondary N) is 1. The van der Waals surface area contributed by atoms with Gasteiger partial charge in [-0.3, -0.25) is 0 Å². The van der Waals surface area contributed by atoms with Crippen molar-refractivity contribution in [2.75, 3.05) is 34.3 Å². The summed E-state index contributed by atoms with van der Waals surface area (Å²) in [6.07, 6.45) is 0. The molecule has 0 fully saturated rings.